The molecule has 1 N–H and O–H groups in total. The first kappa shape index (κ1) is 14.2. The second-order valence-corrected chi connectivity index (χ2v) is 6.28. The normalized spacial score (nSPS) is 13.7. The number of hydrogen-bond donors (Lipinski definition) is 1. The number of aromatic nitrogens is 1. The van der Waals surface area contributed by atoms with Gasteiger partial charge in [-0.1, -0.05) is 18.2 Å². The van der Waals surface area contributed by atoms with Gasteiger partial charge in [0.15, 0.2) is 0 Å². The summed E-state index contributed by atoms with van der Waals surface area (Å²) in [7, 11) is 4.12. The van der Waals surface area contributed by atoms with Gasteiger partial charge in [-0.05, 0) is 26.2 Å². The van der Waals surface area contributed by atoms with Crippen molar-refractivity contribution in [2.24, 2.45) is 4.99 Å². The summed E-state index contributed by atoms with van der Waals surface area (Å²) >= 11 is 0. The molecule has 1 aromatic heterocycles. The molecule has 2 aromatic carbocycles. The zero-order valence-corrected chi connectivity index (χ0v) is 13.5. The molecule has 2 heterocycles. The van der Waals surface area contributed by atoms with Gasteiger partial charge in [0, 0.05) is 46.9 Å². The van der Waals surface area contributed by atoms with E-state index < -0.39 is 0 Å². The van der Waals surface area contributed by atoms with E-state index in [2.05, 4.69) is 41.4 Å². The van der Waals surface area contributed by atoms with Gasteiger partial charge in [0.2, 0.25) is 0 Å². The Hall–Kier alpha value is -2.40. The highest BCUT2D eigenvalue weighted by atomic mass is 16.1. The SMILES string of the molecule is CN(C)CCNc1ccc2c(=O)n3c(c4cccc1c24)=NCC3. The molecular formula is C18H20N4O. The fourth-order valence-electron chi connectivity index (χ4n) is 3.36. The molecule has 1 aliphatic heterocycles. The van der Waals surface area contributed by atoms with Gasteiger partial charge < -0.3 is 10.2 Å². The molecule has 0 fully saturated rings. The summed E-state index contributed by atoms with van der Waals surface area (Å²) in [5, 5.41) is 7.48. The quantitative estimate of drug-likeness (QED) is 0.794. The summed E-state index contributed by atoms with van der Waals surface area (Å²) < 4.78 is 1.80. The highest BCUT2D eigenvalue weighted by Gasteiger charge is 2.16. The molecule has 5 heteroatoms. The standard InChI is InChI=1S/C18H20N4O/c1-21(2)10-8-19-15-7-6-14-16-12(15)4-3-5-13(16)17-20-9-11-22(17)18(14)23/h3-7,19H,8-11H2,1-2H3. The summed E-state index contributed by atoms with van der Waals surface area (Å²) in [5.74, 6) is 0. The number of anilines is 1. The largest absolute Gasteiger partial charge is 0.383 e. The van der Waals surface area contributed by atoms with Crippen LogP contribution in [-0.2, 0) is 6.54 Å². The fourth-order valence-corrected chi connectivity index (χ4v) is 3.36. The van der Waals surface area contributed by atoms with Crippen LogP contribution in [-0.4, -0.2) is 43.2 Å². The zero-order valence-electron chi connectivity index (χ0n) is 13.5. The number of benzene rings is 2. The van der Waals surface area contributed by atoms with E-state index in [0.717, 1.165) is 45.8 Å². The number of nitrogens with one attached hydrogen (secondary N) is 1. The Bertz CT molecular complexity index is 1000. The summed E-state index contributed by atoms with van der Waals surface area (Å²) in [4.78, 5) is 19.4. The van der Waals surface area contributed by atoms with Crippen LogP contribution in [0.4, 0.5) is 5.69 Å². The average Bonchev–Trinajstić information content (AvgIpc) is 3.03. The smallest absolute Gasteiger partial charge is 0.260 e. The van der Waals surface area contributed by atoms with Crippen molar-refractivity contribution in [3.8, 4) is 0 Å². The van der Waals surface area contributed by atoms with Crippen LogP contribution in [0, 0.1) is 0 Å². The fraction of sp³-hybridized carbons (Fsp3) is 0.333. The Labute approximate surface area is 134 Å². The number of pyridine rings is 1. The molecule has 0 atom stereocenters. The van der Waals surface area contributed by atoms with Gasteiger partial charge in [-0.3, -0.25) is 14.4 Å². The summed E-state index contributed by atoms with van der Waals surface area (Å²) in [5.41, 5.74) is 1.98. The molecule has 5 nitrogen and oxygen atoms in total. The minimum Gasteiger partial charge on any atom is -0.383 e. The predicted octanol–water partition coefficient (Wildman–Crippen LogP) is 1.48. The molecule has 0 bridgehead atoms. The van der Waals surface area contributed by atoms with Crippen LogP contribution in [0.3, 0.4) is 0 Å². The number of rotatable bonds is 4. The van der Waals surface area contributed by atoms with Crippen LogP contribution in [0.5, 0.6) is 0 Å². The van der Waals surface area contributed by atoms with Crippen molar-refractivity contribution in [3.63, 3.8) is 0 Å². The Morgan fingerprint density at radius 3 is 2.83 bits per heavy atom. The van der Waals surface area contributed by atoms with Gasteiger partial charge in [0.25, 0.3) is 5.56 Å². The van der Waals surface area contributed by atoms with E-state index in [1.54, 1.807) is 4.57 Å². The van der Waals surface area contributed by atoms with E-state index in [1.165, 1.54) is 0 Å². The van der Waals surface area contributed by atoms with Crippen molar-refractivity contribution in [1.82, 2.24) is 9.47 Å². The maximum absolute atomic E-state index is 12.7. The van der Waals surface area contributed by atoms with E-state index in [4.69, 9.17) is 0 Å². The molecule has 0 radical (unpaired) electrons. The molecule has 0 amide bonds. The van der Waals surface area contributed by atoms with Gasteiger partial charge in [0.05, 0.1) is 6.54 Å². The number of hydrogen-bond acceptors (Lipinski definition) is 4. The Balaban J connectivity index is 1.95. The zero-order chi connectivity index (χ0) is 16.0. The lowest BCUT2D eigenvalue weighted by Gasteiger charge is -2.15. The molecule has 0 aliphatic carbocycles. The summed E-state index contributed by atoms with van der Waals surface area (Å²) in [6, 6.07) is 10.2. The molecule has 0 saturated carbocycles. The minimum atomic E-state index is 0.0739. The summed E-state index contributed by atoms with van der Waals surface area (Å²) in [6.07, 6.45) is 0. The maximum atomic E-state index is 12.7. The van der Waals surface area contributed by atoms with Gasteiger partial charge in [-0.2, -0.15) is 0 Å². The molecular weight excluding hydrogens is 288 g/mol. The first-order valence-corrected chi connectivity index (χ1v) is 7.98. The maximum Gasteiger partial charge on any atom is 0.260 e. The molecule has 3 aromatic rings. The highest BCUT2D eigenvalue weighted by Crippen LogP contribution is 2.29. The van der Waals surface area contributed by atoms with Crippen LogP contribution < -0.4 is 16.4 Å². The molecule has 0 saturated heterocycles. The molecule has 0 unspecified atom stereocenters. The number of likely N-dealkylation sites (N-methyl/N-ethyl adjacent to an activating group) is 1. The Kier molecular flexibility index (Phi) is 3.31. The predicted molar refractivity (Wildman–Crippen MR) is 94.4 cm³/mol. The van der Waals surface area contributed by atoms with E-state index in [9.17, 15) is 4.79 Å². The lowest BCUT2D eigenvalue weighted by Crippen LogP contribution is -2.30. The van der Waals surface area contributed by atoms with E-state index in [1.807, 2.05) is 18.2 Å². The second kappa shape index (κ2) is 5.35. The average molecular weight is 308 g/mol. The molecule has 4 rings (SSSR count). The number of fused-ring (bicyclic) bond motifs is 2. The van der Waals surface area contributed by atoms with Gasteiger partial charge in [0.1, 0.15) is 5.49 Å². The van der Waals surface area contributed by atoms with Crippen molar-refractivity contribution in [2.75, 3.05) is 39.0 Å². The minimum absolute atomic E-state index is 0.0739. The van der Waals surface area contributed by atoms with Crippen LogP contribution in [0.1, 0.15) is 0 Å². The van der Waals surface area contributed by atoms with Crippen molar-refractivity contribution < 1.29 is 0 Å². The van der Waals surface area contributed by atoms with Gasteiger partial charge >= 0.3 is 0 Å². The molecule has 1 aliphatic rings. The van der Waals surface area contributed by atoms with Crippen molar-refractivity contribution in [1.29, 1.82) is 0 Å². The third-order valence-electron chi connectivity index (χ3n) is 4.47. The van der Waals surface area contributed by atoms with Gasteiger partial charge in [-0.15, -0.1) is 0 Å². The molecule has 0 spiro atoms. The Morgan fingerprint density at radius 2 is 2.00 bits per heavy atom. The van der Waals surface area contributed by atoms with Gasteiger partial charge in [-0.25, -0.2) is 0 Å². The lowest BCUT2D eigenvalue weighted by molar-refractivity contribution is 0.425. The first-order valence-electron chi connectivity index (χ1n) is 7.98. The topological polar surface area (TPSA) is 49.6 Å². The van der Waals surface area contributed by atoms with E-state index in [-0.39, 0.29) is 5.56 Å². The van der Waals surface area contributed by atoms with Crippen molar-refractivity contribution >= 4 is 27.2 Å². The lowest BCUT2D eigenvalue weighted by atomic mass is 10.0. The van der Waals surface area contributed by atoms with E-state index >= 15 is 0 Å². The molecule has 23 heavy (non-hydrogen) atoms. The number of nitrogens with zero attached hydrogens (tertiary/aromatic N) is 3. The van der Waals surface area contributed by atoms with Crippen LogP contribution >= 0.6 is 0 Å². The second-order valence-electron chi connectivity index (χ2n) is 6.28. The van der Waals surface area contributed by atoms with Crippen LogP contribution in [0.25, 0.3) is 21.5 Å². The first-order chi connectivity index (χ1) is 11.2. The summed E-state index contributed by atoms with van der Waals surface area (Å²) in [6.45, 7) is 3.21. The molecule has 118 valence electrons. The Morgan fingerprint density at radius 1 is 1.17 bits per heavy atom. The monoisotopic (exact) mass is 308 g/mol. The highest BCUT2D eigenvalue weighted by molar-refractivity contribution is 6.13. The third-order valence-corrected chi connectivity index (χ3v) is 4.47. The van der Waals surface area contributed by atoms with E-state index in [0.29, 0.717) is 13.1 Å². The third kappa shape index (κ3) is 2.19. The van der Waals surface area contributed by atoms with Crippen molar-refractivity contribution in [2.45, 2.75) is 6.54 Å². The van der Waals surface area contributed by atoms with Crippen LogP contribution in [0.2, 0.25) is 0 Å². The van der Waals surface area contributed by atoms with Crippen molar-refractivity contribution in [3.05, 3.63) is 46.2 Å². The van der Waals surface area contributed by atoms with Crippen LogP contribution in [0.15, 0.2) is 40.1 Å².